The lowest BCUT2D eigenvalue weighted by molar-refractivity contribution is 1.32. The van der Waals surface area contributed by atoms with Crippen LogP contribution < -0.4 is 5.32 Å². The van der Waals surface area contributed by atoms with Gasteiger partial charge in [-0.2, -0.15) is 0 Å². The zero-order chi connectivity index (χ0) is 8.93. The molecule has 0 saturated heterocycles. The molecule has 0 unspecified atom stereocenters. The predicted octanol–water partition coefficient (Wildman–Crippen LogP) is 1.97. The van der Waals surface area contributed by atoms with Gasteiger partial charge in [0.2, 0.25) is 0 Å². The summed E-state index contributed by atoms with van der Waals surface area (Å²) >= 11 is 0. The van der Waals surface area contributed by atoms with Crippen LogP contribution in [-0.2, 0) is 0 Å². The van der Waals surface area contributed by atoms with E-state index in [2.05, 4.69) is 16.4 Å². The number of rotatable bonds is 1. The first-order valence-electron chi connectivity index (χ1n) is 4.09. The maximum absolute atomic E-state index is 4.24. The number of hydrogen-bond acceptors (Lipinski definition) is 2. The molecule has 13 heavy (non-hydrogen) atoms. The molecule has 0 bridgehead atoms. The molecular formula is C11H9N2. The van der Waals surface area contributed by atoms with Crippen LogP contribution in [0, 0.1) is 6.07 Å². The summed E-state index contributed by atoms with van der Waals surface area (Å²) in [6, 6.07) is 10.7. The number of aliphatic imine (C=N–C) groups is 1. The first-order valence-corrected chi connectivity index (χ1v) is 4.09. The highest BCUT2D eigenvalue weighted by Crippen LogP contribution is 2.15. The SMILES string of the molecule is [c]1ccc(C2=CC=CNC=N2)cc1. The van der Waals surface area contributed by atoms with Crippen LogP contribution in [0.3, 0.4) is 0 Å². The van der Waals surface area contributed by atoms with Gasteiger partial charge in [0.15, 0.2) is 0 Å². The van der Waals surface area contributed by atoms with Crippen molar-refractivity contribution in [1.29, 1.82) is 0 Å². The quantitative estimate of drug-likeness (QED) is 0.683. The zero-order valence-corrected chi connectivity index (χ0v) is 7.07. The van der Waals surface area contributed by atoms with Crippen LogP contribution in [0.15, 0.2) is 47.6 Å². The van der Waals surface area contributed by atoms with E-state index in [1.807, 2.05) is 42.6 Å². The maximum Gasteiger partial charge on any atom is 0.0926 e. The average molecular weight is 169 g/mol. The normalized spacial score (nSPS) is 14.6. The number of allylic oxidation sites excluding steroid dienone is 2. The van der Waals surface area contributed by atoms with Crippen LogP contribution in [0.2, 0.25) is 0 Å². The van der Waals surface area contributed by atoms with E-state index in [1.165, 1.54) is 0 Å². The fourth-order valence-corrected chi connectivity index (χ4v) is 1.12. The lowest BCUT2D eigenvalue weighted by Crippen LogP contribution is -1.97. The van der Waals surface area contributed by atoms with Gasteiger partial charge in [-0.05, 0) is 18.2 Å². The molecule has 2 nitrogen and oxygen atoms in total. The first-order chi connectivity index (χ1) is 6.47. The van der Waals surface area contributed by atoms with Gasteiger partial charge >= 0.3 is 0 Å². The minimum Gasteiger partial charge on any atom is -0.353 e. The summed E-state index contributed by atoms with van der Waals surface area (Å²) in [7, 11) is 0. The Labute approximate surface area is 77.3 Å². The summed E-state index contributed by atoms with van der Waals surface area (Å²) < 4.78 is 0. The van der Waals surface area contributed by atoms with Gasteiger partial charge in [0.25, 0.3) is 0 Å². The van der Waals surface area contributed by atoms with Crippen molar-refractivity contribution in [3.05, 3.63) is 54.2 Å². The molecule has 2 heteroatoms. The van der Waals surface area contributed by atoms with Crippen LogP contribution in [0.5, 0.6) is 0 Å². The highest BCUT2D eigenvalue weighted by Gasteiger charge is 1.96. The van der Waals surface area contributed by atoms with E-state index < -0.39 is 0 Å². The van der Waals surface area contributed by atoms with Crippen molar-refractivity contribution in [3.63, 3.8) is 0 Å². The van der Waals surface area contributed by atoms with E-state index in [9.17, 15) is 0 Å². The Bertz CT molecular complexity index is 361. The van der Waals surface area contributed by atoms with Gasteiger partial charge in [-0.3, -0.25) is 0 Å². The predicted molar refractivity (Wildman–Crippen MR) is 54.0 cm³/mol. The third-order valence-electron chi connectivity index (χ3n) is 1.74. The van der Waals surface area contributed by atoms with E-state index >= 15 is 0 Å². The molecule has 0 spiro atoms. The number of benzene rings is 1. The summed E-state index contributed by atoms with van der Waals surface area (Å²) in [6.07, 6.45) is 7.41. The maximum atomic E-state index is 4.24. The lowest BCUT2D eigenvalue weighted by Gasteiger charge is -1.98. The van der Waals surface area contributed by atoms with Crippen molar-refractivity contribution in [3.8, 4) is 0 Å². The minimum absolute atomic E-state index is 0.954. The summed E-state index contributed by atoms with van der Waals surface area (Å²) in [6.45, 7) is 0. The van der Waals surface area contributed by atoms with Gasteiger partial charge in [-0.15, -0.1) is 0 Å². The van der Waals surface area contributed by atoms with E-state index in [4.69, 9.17) is 0 Å². The Morgan fingerprint density at radius 3 is 2.92 bits per heavy atom. The number of nitrogens with one attached hydrogen (secondary N) is 1. The smallest absolute Gasteiger partial charge is 0.0926 e. The monoisotopic (exact) mass is 169 g/mol. The molecule has 1 aromatic carbocycles. The molecule has 1 heterocycles. The summed E-state index contributed by atoms with van der Waals surface area (Å²) in [5.74, 6) is 0. The van der Waals surface area contributed by atoms with Crippen molar-refractivity contribution in [2.75, 3.05) is 0 Å². The van der Waals surface area contributed by atoms with E-state index in [1.54, 1.807) is 6.34 Å². The molecule has 1 radical (unpaired) electrons. The number of hydrogen-bond donors (Lipinski definition) is 1. The van der Waals surface area contributed by atoms with Gasteiger partial charge in [-0.25, -0.2) is 4.99 Å². The van der Waals surface area contributed by atoms with Gasteiger partial charge in [0.1, 0.15) is 0 Å². The molecule has 63 valence electrons. The molecule has 2 rings (SSSR count). The summed E-state index contributed by atoms with van der Waals surface area (Å²) in [4.78, 5) is 4.24. The van der Waals surface area contributed by atoms with Gasteiger partial charge in [-0.1, -0.05) is 24.3 Å². The van der Waals surface area contributed by atoms with Crippen LogP contribution in [-0.4, -0.2) is 6.34 Å². The van der Waals surface area contributed by atoms with Gasteiger partial charge in [0, 0.05) is 11.8 Å². The highest BCUT2D eigenvalue weighted by atomic mass is 14.9. The fraction of sp³-hybridized carbons (Fsp3) is 0. The second-order valence-electron chi connectivity index (χ2n) is 2.62. The van der Waals surface area contributed by atoms with E-state index in [0.29, 0.717) is 0 Å². The largest absolute Gasteiger partial charge is 0.353 e. The molecule has 0 aromatic heterocycles. The third kappa shape index (κ3) is 1.85. The molecular weight excluding hydrogens is 160 g/mol. The zero-order valence-electron chi connectivity index (χ0n) is 7.07. The van der Waals surface area contributed by atoms with Crippen LogP contribution in [0.4, 0.5) is 0 Å². The topological polar surface area (TPSA) is 24.4 Å². The van der Waals surface area contributed by atoms with Crippen LogP contribution in [0.25, 0.3) is 5.70 Å². The minimum atomic E-state index is 0.954. The molecule has 0 amide bonds. The first kappa shape index (κ1) is 7.80. The Morgan fingerprint density at radius 1 is 1.23 bits per heavy atom. The van der Waals surface area contributed by atoms with Crippen molar-refractivity contribution in [1.82, 2.24) is 5.32 Å². The summed E-state index contributed by atoms with van der Waals surface area (Å²) in [5.41, 5.74) is 2.05. The second kappa shape index (κ2) is 3.72. The Balaban J connectivity index is 2.36. The molecule has 1 aromatic rings. The van der Waals surface area contributed by atoms with Crippen molar-refractivity contribution < 1.29 is 0 Å². The molecule has 1 aliphatic rings. The van der Waals surface area contributed by atoms with Crippen LogP contribution in [0.1, 0.15) is 5.56 Å². The van der Waals surface area contributed by atoms with Crippen LogP contribution >= 0.6 is 0 Å². The highest BCUT2D eigenvalue weighted by molar-refractivity contribution is 5.75. The Morgan fingerprint density at radius 2 is 2.08 bits per heavy atom. The molecule has 1 N–H and O–H groups in total. The van der Waals surface area contributed by atoms with Crippen molar-refractivity contribution in [2.45, 2.75) is 0 Å². The average Bonchev–Trinajstić information content (AvgIpc) is 2.47. The standard InChI is InChI=1S/C11H9N2/c1-2-5-10(6-3-1)11-7-4-8-12-9-13-11/h2-9H,(H,12,13). The Kier molecular flexibility index (Phi) is 2.23. The molecule has 0 fully saturated rings. The molecule has 0 aliphatic carbocycles. The van der Waals surface area contributed by atoms with E-state index in [0.717, 1.165) is 11.3 Å². The van der Waals surface area contributed by atoms with E-state index in [-0.39, 0.29) is 0 Å². The van der Waals surface area contributed by atoms with Gasteiger partial charge < -0.3 is 5.32 Å². The second-order valence-corrected chi connectivity index (χ2v) is 2.62. The molecule has 0 saturated carbocycles. The molecule has 1 aliphatic heterocycles. The van der Waals surface area contributed by atoms with Crippen molar-refractivity contribution >= 4 is 12.0 Å². The summed E-state index contributed by atoms with van der Waals surface area (Å²) in [5, 5.41) is 2.91. The number of nitrogens with zero attached hydrogens (tertiary/aromatic N) is 1. The Hall–Kier alpha value is -1.83. The van der Waals surface area contributed by atoms with Crippen molar-refractivity contribution in [2.24, 2.45) is 4.99 Å². The molecule has 0 atom stereocenters. The fourth-order valence-electron chi connectivity index (χ4n) is 1.12. The van der Waals surface area contributed by atoms with Gasteiger partial charge in [0.05, 0.1) is 12.0 Å². The lowest BCUT2D eigenvalue weighted by atomic mass is 10.1. The third-order valence-corrected chi connectivity index (χ3v) is 1.74.